The molecule has 1 N–H and O–H groups in total. The highest BCUT2D eigenvalue weighted by Crippen LogP contribution is 2.29. The van der Waals surface area contributed by atoms with Crippen molar-refractivity contribution >= 4 is 22.7 Å². The van der Waals surface area contributed by atoms with Gasteiger partial charge in [-0.3, -0.25) is 14.9 Å². The van der Waals surface area contributed by atoms with Crippen LogP contribution in [0.2, 0.25) is 0 Å². The summed E-state index contributed by atoms with van der Waals surface area (Å²) in [6.07, 6.45) is 2.08. The molecule has 2 aromatic rings. The molecule has 0 fully saturated rings. The van der Waals surface area contributed by atoms with Crippen LogP contribution in [0.15, 0.2) is 54.7 Å². The van der Waals surface area contributed by atoms with Gasteiger partial charge in [0.25, 0.3) is 5.69 Å². The van der Waals surface area contributed by atoms with Crippen LogP contribution in [0, 0.1) is 10.1 Å². The first-order chi connectivity index (χ1) is 10.1. The van der Waals surface area contributed by atoms with Gasteiger partial charge in [0.1, 0.15) is 0 Å². The van der Waals surface area contributed by atoms with Gasteiger partial charge in [-0.25, -0.2) is 0 Å². The Morgan fingerprint density at radius 1 is 1.10 bits per heavy atom. The van der Waals surface area contributed by atoms with Gasteiger partial charge in [0.05, 0.1) is 4.92 Å². The number of hydrogen-bond acceptors (Lipinski definition) is 4. The van der Waals surface area contributed by atoms with Crippen molar-refractivity contribution in [1.29, 1.82) is 0 Å². The number of nitrogens with one attached hydrogen (secondary N) is 1. The number of carbonyl (C=O) groups is 1. The molecule has 3 rings (SSSR count). The van der Waals surface area contributed by atoms with Crippen LogP contribution in [0.5, 0.6) is 0 Å². The number of Topliss-reactive ketones (excluding diaryl/α,β-unsaturated/α-hetero) is 1. The number of rotatable bonds is 3. The highest BCUT2D eigenvalue weighted by atomic mass is 16.6. The summed E-state index contributed by atoms with van der Waals surface area (Å²) in [4.78, 5) is 22.1. The number of ketones is 1. The van der Waals surface area contributed by atoms with Crippen molar-refractivity contribution in [2.75, 3.05) is 5.32 Å². The third-order valence-corrected chi connectivity index (χ3v) is 3.42. The lowest BCUT2D eigenvalue weighted by molar-refractivity contribution is -0.384. The van der Waals surface area contributed by atoms with E-state index in [1.54, 1.807) is 18.3 Å². The number of nitro groups is 1. The van der Waals surface area contributed by atoms with Crippen LogP contribution in [-0.4, -0.2) is 10.7 Å². The Morgan fingerprint density at radius 2 is 1.81 bits per heavy atom. The van der Waals surface area contributed by atoms with E-state index >= 15 is 0 Å². The average molecular weight is 280 g/mol. The minimum absolute atomic E-state index is 0.0375. The van der Waals surface area contributed by atoms with Crippen LogP contribution >= 0.6 is 0 Å². The maximum Gasteiger partial charge on any atom is 0.269 e. The van der Waals surface area contributed by atoms with E-state index in [-0.39, 0.29) is 11.5 Å². The molecule has 104 valence electrons. The zero-order chi connectivity index (χ0) is 14.8. The Morgan fingerprint density at radius 3 is 2.52 bits per heavy atom. The molecule has 0 spiro atoms. The smallest absolute Gasteiger partial charge is 0.269 e. The Hall–Kier alpha value is -2.95. The van der Waals surface area contributed by atoms with E-state index in [2.05, 4.69) is 5.32 Å². The lowest BCUT2D eigenvalue weighted by Crippen LogP contribution is -1.98. The molecule has 0 aromatic heterocycles. The number of nitro benzene ring substituents is 1. The van der Waals surface area contributed by atoms with Crippen LogP contribution in [0.3, 0.4) is 0 Å². The SMILES string of the molecule is O=C1Cc2ccccc2/C1=C/Nc1ccc([N+](=O)[O-])cc1. The van der Waals surface area contributed by atoms with E-state index in [9.17, 15) is 14.9 Å². The highest BCUT2D eigenvalue weighted by molar-refractivity contribution is 6.25. The predicted molar refractivity (Wildman–Crippen MR) is 79.8 cm³/mol. The summed E-state index contributed by atoms with van der Waals surface area (Å²) < 4.78 is 0. The second-order valence-electron chi connectivity index (χ2n) is 4.76. The van der Waals surface area contributed by atoms with Gasteiger partial charge < -0.3 is 5.32 Å². The maximum absolute atomic E-state index is 12.0. The lowest BCUT2D eigenvalue weighted by Gasteiger charge is -2.03. The fourth-order valence-corrected chi connectivity index (χ4v) is 2.35. The van der Waals surface area contributed by atoms with Crippen molar-refractivity contribution in [2.45, 2.75) is 6.42 Å². The first kappa shape index (κ1) is 13.1. The fraction of sp³-hybridized carbons (Fsp3) is 0.0625. The summed E-state index contributed by atoms with van der Waals surface area (Å²) in [5.74, 6) is 0.0746. The summed E-state index contributed by atoms with van der Waals surface area (Å²) in [7, 11) is 0. The number of nitrogens with zero attached hydrogens (tertiary/aromatic N) is 1. The van der Waals surface area contributed by atoms with Crippen molar-refractivity contribution in [2.24, 2.45) is 0 Å². The van der Waals surface area contributed by atoms with Gasteiger partial charge in [-0.05, 0) is 23.3 Å². The molecule has 0 aliphatic heterocycles. The van der Waals surface area contributed by atoms with E-state index < -0.39 is 4.92 Å². The van der Waals surface area contributed by atoms with Gasteiger partial charge in [-0.2, -0.15) is 0 Å². The molecule has 0 atom stereocenters. The molecule has 0 unspecified atom stereocenters. The summed E-state index contributed by atoms with van der Waals surface area (Å²) >= 11 is 0. The molecular weight excluding hydrogens is 268 g/mol. The summed E-state index contributed by atoms with van der Waals surface area (Å²) in [5, 5.41) is 13.6. The first-order valence-corrected chi connectivity index (χ1v) is 6.48. The third-order valence-electron chi connectivity index (χ3n) is 3.42. The fourth-order valence-electron chi connectivity index (χ4n) is 2.35. The highest BCUT2D eigenvalue weighted by Gasteiger charge is 2.23. The molecule has 1 aliphatic carbocycles. The van der Waals surface area contributed by atoms with Gasteiger partial charge in [0.2, 0.25) is 0 Å². The number of non-ortho nitro benzene ring substituents is 1. The van der Waals surface area contributed by atoms with E-state index in [0.717, 1.165) is 11.1 Å². The van der Waals surface area contributed by atoms with Crippen molar-refractivity contribution in [3.8, 4) is 0 Å². The predicted octanol–water partition coefficient (Wildman–Crippen LogP) is 3.17. The summed E-state index contributed by atoms with van der Waals surface area (Å²) in [6, 6.07) is 13.7. The minimum atomic E-state index is -0.445. The zero-order valence-corrected chi connectivity index (χ0v) is 11.1. The zero-order valence-electron chi connectivity index (χ0n) is 11.1. The van der Waals surface area contributed by atoms with Crippen LogP contribution in [0.25, 0.3) is 5.57 Å². The quantitative estimate of drug-likeness (QED) is 0.532. The molecule has 0 amide bonds. The minimum Gasteiger partial charge on any atom is -0.361 e. The molecule has 0 saturated carbocycles. The van der Waals surface area contributed by atoms with Gasteiger partial charge in [0, 0.05) is 36.0 Å². The van der Waals surface area contributed by atoms with Gasteiger partial charge >= 0.3 is 0 Å². The molecule has 0 saturated heterocycles. The Bertz CT molecular complexity index is 748. The molecule has 1 aliphatic rings. The molecule has 5 nitrogen and oxygen atoms in total. The van der Waals surface area contributed by atoms with Gasteiger partial charge in [-0.1, -0.05) is 24.3 Å². The van der Waals surface area contributed by atoms with Crippen molar-refractivity contribution in [1.82, 2.24) is 0 Å². The molecule has 2 aromatic carbocycles. The van der Waals surface area contributed by atoms with E-state index in [0.29, 0.717) is 17.7 Å². The Balaban J connectivity index is 1.83. The average Bonchev–Trinajstić information content (AvgIpc) is 2.81. The third kappa shape index (κ3) is 2.53. The summed E-state index contributed by atoms with van der Waals surface area (Å²) in [6.45, 7) is 0. The molecule has 0 heterocycles. The molecule has 0 bridgehead atoms. The normalized spacial score (nSPS) is 15.0. The first-order valence-electron chi connectivity index (χ1n) is 6.48. The Kier molecular flexibility index (Phi) is 3.23. The van der Waals surface area contributed by atoms with Crippen LogP contribution in [-0.2, 0) is 11.2 Å². The largest absolute Gasteiger partial charge is 0.361 e. The van der Waals surface area contributed by atoms with Crippen LogP contribution in [0.4, 0.5) is 11.4 Å². The van der Waals surface area contributed by atoms with Gasteiger partial charge in [0.15, 0.2) is 5.78 Å². The standard InChI is InChI=1S/C16H12N2O3/c19-16-9-11-3-1-2-4-14(11)15(16)10-17-12-5-7-13(8-6-12)18(20)21/h1-8,10,17H,9H2/b15-10-. The number of allylic oxidation sites excluding steroid dienone is 1. The maximum atomic E-state index is 12.0. The molecular formula is C16H12N2O3. The van der Waals surface area contributed by atoms with Crippen molar-refractivity contribution < 1.29 is 9.72 Å². The van der Waals surface area contributed by atoms with E-state index in [4.69, 9.17) is 0 Å². The van der Waals surface area contributed by atoms with Crippen molar-refractivity contribution in [3.63, 3.8) is 0 Å². The number of anilines is 1. The van der Waals surface area contributed by atoms with Crippen molar-refractivity contribution in [3.05, 3.63) is 76.0 Å². The van der Waals surface area contributed by atoms with E-state index in [1.807, 2.05) is 24.3 Å². The molecule has 5 heteroatoms. The lowest BCUT2D eigenvalue weighted by atomic mass is 10.1. The van der Waals surface area contributed by atoms with Crippen LogP contribution in [0.1, 0.15) is 11.1 Å². The second-order valence-corrected chi connectivity index (χ2v) is 4.76. The Labute approximate surface area is 121 Å². The summed E-state index contributed by atoms with van der Waals surface area (Å²) in [5.41, 5.74) is 3.35. The monoisotopic (exact) mass is 280 g/mol. The second kappa shape index (κ2) is 5.20. The number of hydrogen-bond donors (Lipinski definition) is 1. The van der Waals surface area contributed by atoms with Gasteiger partial charge in [-0.15, -0.1) is 0 Å². The van der Waals surface area contributed by atoms with Crippen LogP contribution < -0.4 is 5.32 Å². The number of benzene rings is 2. The topological polar surface area (TPSA) is 72.2 Å². The molecule has 0 radical (unpaired) electrons. The van der Waals surface area contributed by atoms with E-state index in [1.165, 1.54) is 12.1 Å². The molecule has 21 heavy (non-hydrogen) atoms. The number of fused-ring (bicyclic) bond motifs is 1. The number of carbonyl (C=O) groups excluding carboxylic acids is 1.